The van der Waals surface area contributed by atoms with Crippen LogP contribution in [-0.4, -0.2) is 24.6 Å². The van der Waals surface area contributed by atoms with Crippen molar-refractivity contribution in [3.63, 3.8) is 0 Å². The third-order valence-electron chi connectivity index (χ3n) is 1.48. The van der Waals surface area contributed by atoms with Gasteiger partial charge in [-0.15, -0.1) is 0 Å². The van der Waals surface area contributed by atoms with Crippen LogP contribution >= 0.6 is 0 Å². The highest BCUT2D eigenvalue weighted by Gasteiger charge is 2.12. The van der Waals surface area contributed by atoms with Gasteiger partial charge in [0.1, 0.15) is 5.83 Å². The summed E-state index contributed by atoms with van der Waals surface area (Å²) < 4.78 is 17.3. The van der Waals surface area contributed by atoms with Gasteiger partial charge >= 0.3 is 0 Å². The Labute approximate surface area is 70.5 Å². The van der Waals surface area contributed by atoms with Crippen LogP contribution in [0.3, 0.4) is 0 Å². The van der Waals surface area contributed by atoms with E-state index in [1.165, 1.54) is 6.92 Å². The van der Waals surface area contributed by atoms with Gasteiger partial charge in [-0.05, 0) is 6.92 Å². The predicted molar refractivity (Wildman–Crippen MR) is 45.5 cm³/mol. The lowest BCUT2D eigenvalue weighted by atomic mass is 10.1. The van der Waals surface area contributed by atoms with Crippen LogP contribution in [0.4, 0.5) is 4.39 Å². The molecule has 1 saturated heterocycles. The topological polar surface area (TPSA) is 45.4 Å². The van der Waals surface area contributed by atoms with Gasteiger partial charge in [-0.3, -0.25) is 4.99 Å². The zero-order valence-corrected chi connectivity index (χ0v) is 6.93. The number of allylic oxidation sites excluding steroid dienone is 1. The van der Waals surface area contributed by atoms with Crippen LogP contribution in [0.1, 0.15) is 13.3 Å². The standard InChI is InChI=1S/C8H11FN2O/c1-6(9)4-11-8-5-12-3-2-7(8)10/h4,10H,2-3,5H2,1H3/b6-4+,10-7?,11-8?. The third kappa shape index (κ3) is 2.54. The Morgan fingerprint density at radius 2 is 2.50 bits per heavy atom. The summed E-state index contributed by atoms with van der Waals surface area (Å²) in [7, 11) is 0. The van der Waals surface area contributed by atoms with E-state index in [0.717, 1.165) is 6.20 Å². The monoisotopic (exact) mass is 170 g/mol. The summed E-state index contributed by atoms with van der Waals surface area (Å²) in [6.45, 7) is 2.20. The van der Waals surface area contributed by atoms with Gasteiger partial charge in [-0.2, -0.15) is 0 Å². The van der Waals surface area contributed by atoms with E-state index < -0.39 is 0 Å². The predicted octanol–water partition coefficient (Wildman–Crippen LogP) is 1.70. The van der Waals surface area contributed by atoms with Crippen molar-refractivity contribution in [3.8, 4) is 0 Å². The molecular formula is C8H11FN2O. The van der Waals surface area contributed by atoms with Gasteiger partial charge in [0.25, 0.3) is 0 Å². The van der Waals surface area contributed by atoms with Crippen molar-refractivity contribution in [1.82, 2.24) is 0 Å². The molecule has 1 fully saturated rings. The Hall–Kier alpha value is -1.03. The summed E-state index contributed by atoms with van der Waals surface area (Å²) in [4.78, 5) is 3.79. The van der Waals surface area contributed by atoms with Crippen molar-refractivity contribution < 1.29 is 9.13 Å². The average Bonchev–Trinajstić information content (AvgIpc) is 2.03. The van der Waals surface area contributed by atoms with Crippen molar-refractivity contribution >= 4 is 11.4 Å². The first-order valence-corrected chi connectivity index (χ1v) is 3.74. The Kier molecular flexibility index (Phi) is 3.10. The highest BCUT2D eigenvalue weighted by atomic mass is 19.1. The fraction of sp³-hybridized carbons (Fsp3) is 0.500. The molecule has 0 saturated carbocycles. The van der Waals surface area contributed by atoms with Crippen LogP contribution in [-0.2, 0) is 4.74 Å². The van der Waals surface area contributed by atoms with E-state index >= 15 is 0 Å². The summed E-state index contributed by atoms with van der Waals surface area (Å²) in [6, 6.07) is 0. The Morgan fingerprint density at radius 3 is 3.08 bits per heavy atom. The van der Waals surface area contributed by atoms with Crippen molar-refractivity contribution in [1.29, 1.82) is 5.41 Å². The number of aliphatic imine (C=N–C) groups is 1. The molecule has 0 aromatic heterocycles. The summed E-state index contributed by atoms with van der Waals surface area (Å²) in [5, 5.41) is 7.43. The first kappa shape index (κ1) is 9.06. The zero-order chi connectivity index (χ0) is 8.97. The maximum absolute atomic E-state index is 12.2. The van der Waals surface area contributed by atoms with E-state index in [1.54, 1.807) is 0 Å². The quantitative estimate of drug-likeness (QED) is 0.639. The minimum absolute atomic E-state index is 0.322. The van der Waals surface area contributed by atoms with Crippen LogP contribution in [0.25, 0.3) is 0 Å². The zero-order valence-electron chi connectivity index (χ0n) is 6.93. The molecular weight excluding hydrogens is 159 g/mol. The van der Waals surface area contributed by atoms with Crippen LogP contribution < -0.4 is 0 Å². The summed E-state index contributed by atoms with van der Waals surface area (Å²) in [5.74, 6) is -0.360. The van der Waals surface area contributed by atoms with Gasteiger partial charge < -0.3 is 10.1 Å². The molecule has 0 aromatic rings. The lowest BCUT2D eigenvalue weighted by molar-refractivity contribution is 0.174. The molecule has 12 heavy (non-hydrogen) atoms. The highest BCUT2D eigenvalue weighted by Crippen LogP contribution is 2.01. The molecule has 1 rings (SSSR count). The van der Waals surface area contributed by atoms with Gasteiger partial charge in [-0.1, -0.05) is 0 Å². The summed E-state index contributed by atoms with van der Waals surface area (Å²) in [6.07, 6.45) is 1.68. The lowest BCUT2D eigenvalue weighted by Crippen LogP contribution is -2.26. The summed E-state index contributed by atoms with van der Waals surface area (Å²) >= 11 is 0. The van der Waals surface area contributed by atoms with Crippen molar-refractivity contribution in [2.24, 2.45) is 4.99 Å². The number of hydrogen-bond donors (Lipinski definition) is 1. The molecule has 3 nitrogen and oxygen atoms in total. The van der Waals surface area contributed by atoms with Crippen molar-refractivity contribution in [3.05, 3.63) is 12.0 Å². The number of rotatable bonds is 1. The molecule has 1 heterocycles. The molecule has 4 heteroatoms. The largest absolute Gasteiger partial charge is 0.375 e. The van der Waals surface area contributed by atoms with Crippen LogP contribution in [0.5, 0.6) is 0 Å². The maximum Gasteiger partial charge on any atom is 0.115 e. The van der Waals surface area contributed by atoms with Crippen LogP contribution in [0.2, 0.25) is 0 Å². The number of nitrogens with one attached hydrogen (secondary N) is 1. The molecule has 0 aromatic carbocycles. The van der Waals surface area contributed by atoms with E-state index in [2.05, 4.69) is 4.99 Å². The van der Waals surface area contributed by atoms with Crippen molar-refractivity contribution in [2.45, 2.75) is 13.3 Å². The van der Waals surface area contributed by atoms with Crippen LogP contribution in [0, 0.1) is 5.41 Å². The first-order valence-electron chi connectivity index (χ1n) is 3.74. The average molecular weight is 170 g/mol. The van der Waals surface area contributed by atoms with Gasteiger partial charge in [0.15, 0.2) is 0 Å². The molecule has 1 aliphatic heterocycles. The number of ether oxygens (including phenoxy) is 1. The van der Waals surface area contributed by atoms with Crippen LogP contribution in [0.15, 0.2) is 17.0 Å². The normalized spacial score (nSPS) is 23.3. The van der Waals surface area contributed by atoms with Gasteiger partial charge in [-0.25, -0.2) is 4.39 Å². The Balaban J connectivity index is 2.65. The van der Waals surface area contributed by atoms with Crippen molar-refractivity contribution in [2.75, 3.05) is 13.2 Å². The molecule has 0 spiro atoms. The second-order valence-corrected chi connectivity index (χ2v) is 2.57. The van der Waals surface area contributed by atoms with Gasteiger partial charge in [0.2, 0.25) is 0 Å². The molecule has 0 radical (unpaired) electrons. The Bertz CT molecular complexity index is 241. The smallest absolute Gasteiger partial charge is 0.115 e. The van der Waals surface area contributed by atoms with Gasteiger partial charge in [0.05, 0.1) is 30.8 Å². The highest BCUT2D eigenvalue weighted by molar-refractivity contribution is 6.42. The summed E-state index contributed by atoms with van der Waals surface area (Å²) in [5.41, 5.74) is 0.969. The Morgan fingerprint density at radius 1 is 1.75 bits per heavy atom. The van der Waals surface area contributed by atoms with E-state index in [9.17, 15) is 4.39 Å². The number of halogens is 1. The fourth-order valence-electron chi connectivity index (χ4n) is 0.857. The minimum Gasteiger partial charge on any atom is -0.375 e. The molecule has 0 bridgehead atoms. The SMILES string of the molecule is C/C(F)=C\N=C1COCCC1=N. The minimum atomic E-state index is -0.360. The number of hydrogen-bond acceptors (Lipinski definition) is 3. The molecule has 0 amide bonds. The number of nitrogens with zero attached hydrogens (tertiary/aromatic N) is 1. The third-order valence-corrected chi connectivity index (χ3v) is 1.48. The van der Waals surface area contributed by atoms with E-state index in [4.69, 9.17) is 10.1 Å². The fourth-order valence-corrected chi connectivity index (χ4v) is 0.857. The maximum atomic E-state index is 12.2. The second-order valence-electron chi connectivity index (χ2n) is 2.57. The van der Waals surface area contributed by atoms with E-state index in [1.807, 2.05) is 0 Å². The molecule has 1 aliphatic rings. The molecule has 1 N–H and O–H groups in total. The van der Waals surface area contributed by atoms with E-state index in [-0.39, 0.29) is 5.83 Å². The molecule has 0 unspecified atom stereocenters. The molecule has 0 atom stereocenters. The van der Waals surface area contributed by atoms with E-state index in [0.29, 0.717) is 31.1 Å². The molecule has 0 aliphatic carbocycles. The first-order chi connectivity index (χ1) is 5.70. The lowest BCUT2D eigenvalue weighted by Gasteiger charge is -2.13. The molecule has 66 valence electrons. The second kappa shape index (κ2) is 4.11. The van der Waals surface area contributed by atoms with Gasteiger partial charge in [0, 0.05) is 6.42 Å².